The van der Waals surface area contributed by atoms with Crippen molar-refractivity contribution in [3.05, 3.63) is 21.9 Å². The summed E-state index contributed by atoms with van der Waals surface area (Å²) in [4.78, 5) is 12.2. The molecule has 1 rings (SSSR count). The van der Waals surface area contributed by atoms with Crippen LogP contribution in [0.15, 0.2) is 11.4 Å². The van der Waals surface area contributed by atoms with E-state index in [9.17, 15) is 4.79 Å². The Bertz CT molecular complexity index is 416. The molecule has 3 nitrogen and oxygen atoms in total. The first-order valence-corrected chi connectivity index (χ1v) is 7.09. The number of thiophene rings is 1. The van der Waals surface area contributed by atoms with Crippen molar-refractivity contribution in [2.75, 3.05) is 0 Å². The van der Waals surface area contributed by atoms with E-state index in [1.165, 1.54) is 0 Å². The Labute approximate surface area is 114 Å². The van der Waals surface area contributed by atoms with E-state index in [0.717, 1.165) is 17.8 Å². The highest BCUT2D eigenvalue weighted by Gasteiger charge is 2.24. The van der Waals surface area contributed by atoms with Gasteiger partial charge in [-0.05, 0) is 31.7 Å². The number of primary amides is 1. The van der Waals surface area contributed by atoms with Gasteiger partial charge in [0.1, 0.15) is 0 Å². The van der Waals surface area contributed by atoms with E-state index in [4.69, 9.17) is 5.73 Å². The fraction of sp³-hybridized carbons (Fsp3) is 0.643. The van der Waals surface area contributed by atoms with E-state index >= 15 is 0 Å². The zero-order chi connectivity index (χ0) is 14.0. The van der Waals surface area contributed by atoms with Crippen molar-refractivity contribution in [1.29, 1.82) is 0 Å². The highest BCUT2D eigenvalue weighted by Crippen LogP contribution is 2.27. The van der Waals surface area contributed by atoms with Gasteiger partial charge in [0.25, 0.3) is 0 Å². The lowest BCUT2D eigenvalue weighted by molar-refractivity contribution is 0.100. The minimum atomic E-state index is -0.355. The van der Waals surface area contributed by atoms with Gasteiger partial charge in [-0.15, -0.1) is 11.3 Å². The number of carbonyl (C=O) groups excluding carboxylic acids is 1. The van der Waals surface area contributed by atoms with Crippen molar-refractivity contribution in [3.8, 4) is 0 Å². The van der Waals surface area contributed by atoms with Gasteiger partial charge < -0.3 is 11.1 Å². The molecule has 0 saturated carbocycles. The van der Waals surface area contributed by atoms with E-state index in [2.05, 4.69) is 39.9 Å². The first-order valence-electron chi connectivity index (χ1n) is 6.21. The molecular formula is C14H24N2OS. The summed E-state index contributed by atoms with van der Waals surface area (Å²) < 4.78 is 0. The molecule has 0 saturated heterocycles. The molecular weight excluding hydrogens is 244 g/mol. The van der Waals surface area contributed by atoms with Gasteiger partial charge in [-0.2, -0.15) is 0 Å². The van der Waals surface area contributed by atoms with Gasteiger partial charge in [0, 0.05) is 22.3 Å². The van der Waals surface area contributed by atoms with Crippen molar-refractivity contribution in [3.63, 3.8) is 0 Å². The van der Waals surface area contributed by atoms with Crippen molar-refractivity contribution in [1.82, 2.24) is 5.32 Å². The second kappa shape index (κ2) is 5.41. The topological polar surface area (TPSA) is 55.1 Å². The summed E-state index contributed by atoms with van der Waals surface area (Å²) in [6, 6.07) is 1.87. The van der Waals surface area contributed by atoms with Crippen LogP contribution in [0, 0.1) is 5.41 Å². The van der Waals surface area contributed by atoms with E-state index < -0.39 is 0 Å². The molecule has 0 fully saturated rings. The van der Waals surface area contributed by atoms with Crippen molar-refractivity contribution in [2.24, 2.45) is 11.1 Å². The predicted molar refractivity (Wildman–Crippen MR) is 77.8 cm³/mol. The van der Waals surface area contributed by atoms with Crippen LogP contribution in [0.3, 0.4) is 0 Å². The number of nitrogens with two attached hydrogens (primary N) is 1. The van der Waals surface area contributed by atoms with Crippen LogP contribution in [0.4, 0.5) is 0 Å². The van der Waals surface area contributed by atoms with Crippen molar-refractivity contribution < 1.29 is 4.79 Å². The van der Waals surface area contributed by atoms with Gasteiger partial charge in [-0.1, -0.05) is 20.8 Å². The summed E-state index contributed by atoms with van der Waals surface area (Å²) in [5.41, 5.74) is 6.22. The molecule has 3 N–H and O–H groups in total. The molecule has 1 aromatic heterocycles. The quantitative estimate of drug-likeness (QED) is 0.862. The number of nitrogens with one attached hydrogen (secondary N) is 1. The van der Waals surface area contributed by atoms with Gasteiger partial charge in [-0.3, -0.25) is 4.79 Å². The second-order valence-electron chi connectivity index (χ2n) is 6.64. The standard InChI is InChI=1S/C14H24N2OS/c1-13(2,3)9-14(4,5)16-7-11-6-10(8-18-11)12(15)17/h6,8,16H,7,9H2,1-5H3,(H2,15,17). The van der Waals surface area contributed by atoms with Crippen LogP contribution in [0.25, 0.3) is 0 Å². The first kappa shape index (κ1) is 15.2. The van der Waals surface area contributed by atoms with E-state index in [1.54, 1.807) is 11.3 Å². The minimum absolute atomic E-state index is 0.0785. The Morgan fingerprint density at radius 2 is 1.94 bits per heavy atom. The molecule has 0 bridgehead atoms. The van der Waals surface area contributed by atoms with Gasteiger partial charge in [0.15, 0.2) is 0 Å². The molecule has 1 aromatic rings. The number of rotatable bonds is 5. The largest absolute Gasteiger partial charge is 0.366 e. The molecule has 0 aromatic carbocycles. The van der Waals surface area contributed by atoms with E-state index in [1.807, 2.05) is 11.4 Å². The van der Waals surface area contributed by atoms with Crippen LogP contribution >= 0.6 is 11.3 Å². The van der Waals surface area contributed by atoms with Crippen LogP contribution in [-0.4, -0.2) is 11.4 Å². The number of hydrogen-bond acceptors (Lipinski definition) is 3. The third-order valence-corrected chi connectivity index (χ3v) is 3.59. The number of amides is 1. The highest BCUT2D eigenvalue weighted by atomic mass is 32.1. The predicted octanol–water partition coefficient (Wildman–Crippen LogP) is 3.15. The summed E-state index contributed by atoms with van der Waals surface area (Å²) in [5.74, 6) is -0.355. The van der Waals surface area contributed by atoms with Gasteiger partial charge in [-0.25, -0.2) is 0 Å². The molecule has 0 aliphatic carbocycles. The SMILES string of the molecule is CC(C)(C)CC(C)(C)NCc1cc(C(N)=O)cs1. The lowest BCUT2D eigenvalue weighted by Crippen LogP contribution is -2.41. The maximum atomic E-state index is 11.0. The molecule has 0 aliphatic heterocycles. The molecule has 0 atom stereocenters. The fourth-order valence-electron chi connectivity index (χ4n) is 2.32. The summed E-state index contributed by atoms with van der Waals surface area (Å²) >= 11 is 1.57. The van der Waals surface area contributed by atoms with Crippen LogP contribution in [0.2, 0.25) is 0 Å². The number of carbonyl (C=O) groups is 1. The Morgan fingerprint density at radius 1 is 1.33 bits per heavy atom. The highest BCUT2D eigenvalue weighted by molar-refractivity contribution is 7.10. The smallest absolute Gasteiger partial charge is 0.249 e. The van der Waals surface area contributed by atoms with Crippen LogP contribution in [0.1, 0.15) is 56.3 Å². The van der Waals surface area contributed by atoms with Gasteiger partial charge in [0.05, 0.1) is 5.56 Å². The fourth-order valence-corrected chi connectivity index (χ4v) is 3.13. The first-order chi connectivity index (χ1) is 8.09. The molecule has 1 amide bonds. The average Bonchev–Trinajstić information content (AvgIpc) is 2.59. The molecule has 0 aliphatic rings. The van der Waals surface area contributed by atoms with Crippen LogP contribution < -0.4 is 11.1 Å². The zero-order valence-electron chi connectivity index (χ0n) is 12.0. The average molecular weight is 268 g/mol. The van der Waals surface area contributed by atoms with Crippen molar-refractivity contribution >= 4 is 17.2 Å². The molecule has 0 unspecified atom stereocenters. The van der Waals surface area contributed by atoms with E-state index in [0.29, 0.717) is 11.0 Å². The maximum absolute atomic E-state index is 11.0. The third kappa shape index (κ3) is 5.19. The Hall–Kier alpha value is -0.870. The Balaban J connectivity index is 2.56. The summed E-state index contributed by atoms with van der Waals surface area (Å²) in [6.45, 7) is 11.9. The summed E-state index contributed by atoms with van der Waals surface area (Å²) in [7, 11) is 0. The molecule has 4 heteroatoms. The molecule has 1 heterocycles. The monoisotopic (exact) mass is 268 g/mol. The lowest BCUT2D eigenvalue weighted by Gasteiger charge is -2.33. The molecule has 0 spiro atoms. The number of hydrogen-bond donors (Lipinski definition) is 2. The van der Waals surface area contributed by atoms with Gasteiger partial charge in [0.2, 0.25) is 5.91 Å². The Kier molecular flexibility index (Phi) is 4.56. The lowest BCUT2D eigenvalue weighted by atomic mass is 9.82. The minimum Gasteiger partial charge on any atom is -0.366 e. The molecule has 18 heavy (non-hydrogen) atoms. The van der Waals surface area contributed by atoms with E-state index in [-0.39, 0.29) is 11.4 Å². The summed E-state index contributed by atoms with van der Waals surface area (Å²) in [5, 5.41) is 5.36. The zero-order valence-corrected chi connectivity index (χ0v) is 12.8. The summed E-state index contributed by atoms with van der Waals surface area (Å²) in [6.07, 6.45) is 1.09. The third-order valence-electron chi connectivity index (χ3n) is 2.65. The normalized spacial score (nSPS) is 12.7. The van der Waals surface area contributed by atoms with Crippen LogP contribution in [0.5, 0.6) is 0 Å². The van der Waals surface area contributed by atoms with Gasteiger partial charge >= 0.3 is 0 Å². The maximum Gasteiger partial charge on any atom is 0.249 e. The van der Waals surface area contributed by atoms with Crippen LogP contribution in [-0.2, 0) is 6.54 Å². The molecule has 102 valence electrons. The molecule has 0 radical (unpaired) electrons. The second-order valence-corrected chi connectivity index (χ2v) is 7.64. The van der Waals surface area contributed by atoms with Crippen molar-refractivity contribution in [2.45, 2.75) is 53.1 Å². The Morgan fingerprint density at radius 3 is 2.39 bits per heavy atom.